The van der Waals surface area contributed by atoms with Crippen molar-refractivity contribution in [2.45, 2.75) is 13.8 Å². The molecule has 0 spiro atoms. The van der Waals surface area contributed by atoms with E-state index >= 15 is 0 Å². The summed E-state index contributed by atoms with van der Waals surface area (Å²) in [6.07, 6.45) is 1.59. The Hall–Kier alpha value is -4.31. The molecule has 0 atom stereocenters. The van der Waals surface area contributed by atoms with Crippen LogP contribution in [0.25, 0.3) is 22.2 Å². The maximum absolute atomic E-state index is 13.6. The van der Waals surface area contributed by atoms with E-state index in [1.807, 2.05) is 12.1 Å². The van der Waals surface area contributed by atoms with Crippen molar-refractivity contribution in [2.75, 3.05) is 50.1 Å². The normalized spacial score (nSPS) is 14.1. The number of hydrogen-bond donors (Lipinski definition) is 1. The molecule has 1 aliphatic rings. The molecule has 0 radical (unpaired) electrons. The second-order valence-electron chi connectivity index (χ2n) is 9.04. The van der Waals surface area contributed by atoms with Gasteiger partial charge in [-0.3, -0.25) is 4.79 Å². The van der Waals surface area contributed by atoms with E-state index in [1.165, 1.54) is 26.2 Å². The van der Waals surface area contributed by atoms with E-state index in [1.54, 1.807) is 24.4 Å². The van der Waals surface area contributed by atoms with Crippen LogP contribution in [0.4, 0.5) is 21.7 Å². The number of aromatic nitrogens is 2. The van der Waals surface area contributed by atoms with Gasteiger partial charge in [0.05, 0.1) is 18.5 Å². The Morgan fingerprint density at radius 2 is 1.92 bits per heavy atom. The third-order valence-corrected chi connectivity index (χ3v) is 6.72. The largest absolute Gasteiger partial charge is 0.496 e. The summed E-state index contributed by atoms with van der Waals surface area (Å²) in [5.41, 5.74) is 2.16. The molecule has 0 saturated carbocycles. The van der Waals surface area contributed by atoms with Gasteiger partial charge in [-0.05, 0) is 43.8 Å². The fourth-order valence-corrected chi connectivity index (χ4v) is 4.76. The van der Waals surface area contributed by atoms with Crippen LogP contribution in [-0.4, -0.2) is 60.5 Å². The van der Waals surface area contributed by atoms with Crippen molar-refractivity contribution < 1.29 is 18.3 Å². The van der Waals surface area contributed by atoms with Gasteiger partial charge >= 0.3 is 5.63 Å². The standard InChI is InChI=1S/C28H28FN5O4/c1-4-33-11-13-34(14-12-33)26-21-8-6-19(16-24(21)38-27(36)25(26)17(2)35)31-28-30-10-9-22(32-28)20-7-5-18(29)15-23(20)37-3/h5-10,15-16H,4,11-14H2,1-3H3,(H,30,31,32). The Morgan fingerprint density at radius 3 is 2.63 bits per heavy atom. The minimum absolute atomic E-state index is 0.0763. The summed E-state index contributed by atoms with van der Waals surface area (Å²) >= 11 is 0. The Morgan fingerprint density at radius 1 is 1.13 bits per heavy atom. The van der Waals surface area contributed by atoms with Crippen LogP contribution in [-0.2, 0) is 0 Å². The highest BCUT2D eigenvalue weighted by molar-refractivity contribution is 6.07. The molecular weight excluding hydrogens is 489 g/mol. The molecule has 4 aromatic rings. The van der Waals surface area contributed by atoms with Gasteiger partial charge in [0.15, 0.2) is 5.78 Å². The first-order valence-electron chi connectivity index (χ1n) is 12.4. The second kappa shape index (κ2) is 10.6. The molecule has 5 rings (SSSR count). The van der Waals surface area contributed by atoms with E-state index in [2.05, 4.69) is 32.0 Å². The zero-order valence-electron chi connectivity index (χ0n) is 21.5. The molecule has 1 aliphatic heterocycles. The van der Waals surface area contributed by atoms with Gasteiger partial charge in [-0.15, -0.1) is 0 Å². The smallest absolute Gasteiger partial charge is 0.349 e. The molecule has 196 valence electrons. The number of halogens is 1. The van der Waals surface area contributed by atoms with E-state index in [0.29, 0.717) is 58.4 Å². The molecule has 3 heterocycles. The lowest BCUT2D eigenvalue weighted by Gasteiger charge is -2.36. The molecule has 1 N–H and O–H groups in total. The first kappa shape index (κ1) is 25.3. The molecule has 38 heavy (non-hydrogen) atoms. The first-order chi connectivity index (χ1) is 18.4. The maximum Gasteiger partial charge on any atom is 0.349 e. The van der Waals surface area contributed by atoms with Crippen LogP contribution in [0, 0.1) is 5.82 Å². The number of piperazine rings is 1. The predicted octanol–water partition coefficient (Wildman–Crippen LogP) is 4.49. The van der Waals surface area contributed by atoms with Crippen molar-refractivity contribution in [1.82, 2.24) is 14.9 Å². The summed E-state index contributed by atoms with van der Waals surface area (Å²) in [6, 6.07) is 11.3. The minimum atomic E-state index is -0.656. The van der Waals surface area contributed by atoms with Gasteiger partial charge in [-0.25, -0.2) is 19.2 Å². The van der Waals surface area contributed by atoms with Gasteiger partial charge in [0, 0.05) is 61.1 Å². The molecular formula is C28H28FN5O4. The van der Waals surface area contributed by atoms with Crippen LogP contribution in [0.1, 0.15) is 24.2 Å². The lowest BCUT2D eigenvalue weighted by Crippen LogP contribution is -2.47. The number of ether oxygens (including phenoxy) is 1. The van der Waals surface area contributed by atoms with Crippen molar-refractivity contribution in [1.29, 1.82) is 0 Å². The fourth-order valence-electron chi connectivity index (χ4n) is 4.76. The van der Waals surface area contributed by atoms with E-state index in [-0.39, 0.29) is 11.3 Å². The van der Waals surface area contributed by atoms with Gasteiger partial charge in [0.1, 0.15) is 22.7 Å². The Labute approximate surface area is 218 Å². The third kappa shape index (κ3) is 4.95. The summed E-state index contributed by atoms with van der Waals surface area (Å²) in [4.78, 5) is 38.6. The van der Waals surface area contributed by atoms with E-state index in [9.17, 15) is 14.0 Å². The van der Waals surface area contributed by atoms with Crippen LogP contribution >= 0.6 is 0 Å². The molecule has 2 aromatic heterocycles. The summed E-state index contributed by atoms with van der Waals surface area (Å²) in [7, 11) is 1.47. The van der Waals surface area contributed by atoms with Gasteiger partial charge in [0.2, 0.25) is 5.95 Å². The zero-order valence-corrected chi connectivity index (χ0v) is 21.5. The maximum atomic E-state index is 13.6. The van der Waals surface area contributed by atoms with Gasteiger partial charge in [-0.2, -0.15) is 0 Å². The molecule has 0 unspecified atom stereocenters. The number of carbonyl (C=O) groups excluding carboxylic acids is 1. The molecule has 10 heteroatoms. The van der Waals surface area contributed by atoms with Crippen LogP contribution in [0.15, 0.2) is 57.9 Å². The molecule has 9 nitrogen and oxygen atoms in total. The van der Waals surface area contributed by atoms with Gasteiger partial charge in [0.25, 0.3) is 0 Å². The van der Waals surface area contributed by atoms with E-state index in [0.717, 1.165) is 19.6 Å². The number of methoxy groups -OCH3 is 1. The molecule has 0 bridgehead atoms. The highest BCUT2D eigenvalue weighted by Gasteiger charge is 2.26. The topological polar surface area (TPSA) is 101 Å². The number of carbonyl (C=O) groups is 1. The average Bonchev–Trinajstić information content (AvgIpc) is 2.92. The lowest BCUT2D eigenvalue weighted by atomic mass is 10.0. The summed E-state index contributed by atoms with van der Waals surface area (Å²) in [5, 5.41) is 3.83. The van der Waals surface area contributed by atoms with E-state index in [4.69, 9.17) is 9.15 Å². The van der Waals surface area contributed by atoms with Crippen molar-refractivity contribution in [2.24, 2.45) is 0 Å². The number of hydrogen-bond acceptors (Lipinski definition) is 9. The summed E-state index contributed by atoms with van der Waals surface area (Å²) in [6.45, 7) is 7.58. The molecule has 1 saturated heterocycles. The molecule has 0 amide bonds. The zero-order chi connectivity index (χ0) is 26.8. The number of fused-ring (bicyclic) bond motifs is 1. The quantitative estimate of drug-likeness (QED) is 0.281. The van der Waals surface area contributed by atoms with Crippen molar-refractivity contribution in [3.63, 3.8) is 0 Å². The number of ketones is 1. The summed E-state index contributed by atoms with van der Waals surface area (Å²) in [5.74, 6) is -0.0741. The third-order valence-electron chi connectivity index (χ3n) is 6.72. The Kier molecular flexibility index (Phi) is 7.06. The van der Waals surface area contributed by atoms with Gasteiger partial charge < -0.3 is 24.3 Å². The number of nitrogens with zero attached hydrogens (tertiary/aromatic N) is 4. The van der Waals surface area contributed by atoms with Crippen LogP contribution in [0.3, 0.4) is 0 Å². The van der Waals surface area contributed by atoms with Gasteiger partial charge in [-0.1, -0.05) is 6.92 Å². The highest BCUT2D eigenvalue weighted by Crippen LogP contribution is 2.33. The Bertz CT molecular complexity index is 1560. The average molecular weight is 518 g/mol. The number of benzene rings is 2. The second-order valence-corrected chi connectivity index (χ2v) is 9.04. The van der Waals surface area contributed by atoms with Crippen molar-refractivity contribution in [3.05, 3.63) is 70.5 Å². The van der Waals surface area contributed by atoms with Crippen molar-refractivity contribution in [3.8, 4) is 17.0 Å². The Balaban J connectivity index is 1.50. The van der Waals surface area contributed by atoms with Crippen LogP contribution in [0.5, 0.6) is 5.75 Å². The molecule has 0 aliphatic carbocycles. The SMILES string of the molecule is CCN1CCN(c2c(C(C)=O)c(=O)oc3cc(Nc4nccc(-c5ccc(F)cc5OC)n4)ccc23)CC1. The first-order valence-corrected chi connectivity index (χ1v) is 12.4. The number of rotatable bonds is 7. The highest BCUT2D eigenvalue weighted by atomic mass is 19.1. The molecule has 2 aromatic carbocycles. The minimum Gasteiger partial charge on any atom is -0.496 e. The number of anilines is 3. The van der Waals surface area contributed by atoms with Crippen LogP contribution in [0.2, 0.25) is 0 Å². The number of nitrogens with one attached hydrogen (secondary N) is 1. The summed E-state index contributed by atoms with van der Waals surface area (Å²) < 4.78 is 24.5. The van der Waals surface area contributed by atoms with Crippen LogP contribution < -0.4 is 20.6 Å². The fraction of sp³-hybridized carbons (Fsp3) is 0.286. The van der Waals surface area contributed by atoms with E-state index < -0.39 is 11.4 Å². The lowest BCUT2D eigenvalue weighted by molar-refractivity contribution is 0.101. The monoisotopic (exact) mass is 517 g/mol. The van der Waals surface area contributed by atoms with Crippen molar-refractivity contribution >= 4 is 34.1 Å². The number of Topliss-reactive ketones (excluding diaryl/α,β-unsaturated/α-hetero) is 1. The molecule has 1 fully saturated rings. The number of likely N-dealkylation sites (N-methyl/N-ethyl adjacent to an activating group) is 1. The predicted molar refractivity (Wildman–Crippen MR) is 144 cm³/mol.